The maximum Gasteiger partial charge on any atom is 0.220 e. The van der Waals surface area contributed by atoms with Crippen molar-refractivity contribution >= 4 is 10.8 Å². The third-order valence-electron chi connectivity index (χ3n) is 5.68. The Morgan fingerprint density at radius 2 is 1.62 bits per heavy atom. The first-order valence-electron chi connectivity index (χ1n) is 10.6. The number of benzene rings is 2. The van der Waals surface area contributed by atoms with E-state index in [9.17, 15) is 0 Å². The number of pyridine rings is 1. The molecule has 0 aliphatic heterocycles. The number of rotatable bonds is 4. The lowest BCUT2D eigenvalue weighted by Crippen LogP contribution is -2.30. The van der Waals surface area contributed by atoms with Gasteiger partial charge in [-0.1, -0.05) is 51.9 Å². The number of hydrogen-bond acceptors (Lipinski definition) is 0. The van der Waals surface area contributed by atoms with E-state index in [-0.39, 0.29) is 0 Å². The Morgan fingerprint density at radius 3 is 2.27 bits per heavy atom. The summed E-state index contributed by atoms with van der Waals surface area (Å²) in [4.78, 5) is 0. The minimum Gasteiger partial charge on any atom is -0.200 e. The smallest absolute Gasteiger partial charge is 0.200 e. The molecule has 0 aliphatic rings. The van der Waals surface area contributed by atoms with Gasteiger partial charge in [0.15, 0.2) is 6.17 Å². The predicted octanol–water partition coefficient (Wildman–Crippen LogP) is 6.34. The van der Waals surface area contributed by atoms with Crippen LogP contribution < -0.4 is 4.57 Å². The molecule has 1 heteroatoms. The van der Waals surface area contributed by atoms with Crippen LogP contribution in [0.1, 0.15) is 53.0 Å². The second-order valence-corrected chi connectivity index (χ2v) is 8.22. The van der Waals surface area contributed by atoms with E-state index in [0.29, 0.717) is 30.0 Å². The third-order valence-corrected chi connectivity index (χ3v) is 5.68. The number of fused-ring (bicyclic) bond motifs is 1. The zero-order chi connectivity index (χ0) is 20.7. The van der Waals surface area contributed by atoms with Gasteiger partial charge in [0.2, 0.25) is 5.69 Å². The standard InChI is InChI=1S/C25H32N/c1-16(2)24(17(3)4)21-11-12-23-20(15-21)13-14-26(7)25(23)22-10-8-9-18(5)19(22)6/h8-17,24H,1-7H3/q+1/i8D,14D. The fraction of sp³-hybridized carbons (Fsp3) is 0.400. The first kappa shape index (κ1) is 16.1. The third kappa shape index (κ3) is 3.28. The van der Waals surface area contributed by atoms with Crippen LogP contribution in [0.3, 0.4) is 0 Å². The fourth-order valence-corrected chi connectivity index (χ4v) is 4.33. The normalized spacial score (nSPS) is 13.0. The highest BCUT2D eigenvalue weighted by atomic mass is 14.9. The molecule has 1 nitrogen and oxygen atoms in total. The van der Waals surface area contributed by atoms with Crippen molar-refractivity contribution in [2.24, 2.45) is 18.9 Å². The summed E-state index contributed by atoms with van der Waals surface area (Å²) >= 11 is 0. The van der Waals surface area contributed by atoms with Gasteiger partial charge in [0.1, 0.15) is 8.42 Å². The first-order valence-corrected chi connectivity index (χ1v) is 9.63. The summed E-state index contributed by atoms with van der Waals surface area (Å²) in [6.07, 6.45) is 0.484. The summed E-state index contributed by atoms with van der Waals surface area (Å²) < 4.78 is 18.7. The molecule has 26 heavy (non-hydrogen) atoms. The molecule has 136 valence electrons. The quantitative estimate of drug-likeness (QED) is 0.484. The molecular weight excluding hydrogens is 314 g/mol. The van der Waals surface area contributed by atoms with Crippen LogP contribution in [0.25, 0.3) is 22.0 Å². The van der Waals surface area contributed by atoms with Gasteiger partial charge in [-0.2, -0.15) is 0 Å². The zero-order valence-corrected chi connectivity index (χ0v) is 17.1. The highest BCUT2D eigenvalue weighted by molar-refractivity contribution is 5.94. The summed E-state index contributed by atoms with van der Waals surface area (Å²) in [6, 6.07) is 13.0. The highest BCUT2D eigenvalue weighted by Crippen LogP contribution is 2.35. The van der Waals surface area contributed by atoms with Crippen molar-refractivity contribution in [3.8, 4) is 11.3 Å². The Kier molecular flexibility index (Phi) is 4.46. The lowest BCUT2D eigenvalue weighted by Gasteiger charge is -2.25. The minimum atomic E-state index is 0.484. The van der Waals surface area contributed by atoms with Crippen LogP contribution in [0.4, 0.5) is 0 Å². The molecule has 1 heterocycles. The van der Waals surface area contributed by atoms with Crippen molar-refractivity contribution in [2.45, 2.75) is 47.5 Å². The van der Waals surface area contributed by atoms with Crippen LogP contribution in [-0.2, 0) is 7.05 Å². The lowest BCUT2D eigenvalue weighted by atomic mass is 9.79. The van der Waals surface area contributed by atoms with Gasteiger partial charge in [-0.05, 0) is 65.8 Å². The average Bonchev–Trinajstić information content (AvgIpc) is 2.59. The minimum absolute atomic E-state index is 0.484. The molecule has 0 amide bonds. The van der Waals surface area contributed by atoms with E-state index in [0.717, 1.165) is 27.6 Å². The van der Waals surface area contributed by atoms with E-state index < -0.39 is 0 Å². The largest absolute Gasteiger partial charge is 0.220 e. The average molecular weight is 349 g/mol. The van der Waals surface area contributed by atoms with E-state index in [1.807, 2.05) is 29.8 Å². The van der Waals surface area contributed by atoms with Gasteiger partial charge in [0.05, 0.1) is 6.76 Å². The Hall–Kier alpha value is -2.15. The van der Waals surface area contributed by atoms with E-state index in [4.69, 9.17) is 2.74 Å². The highest BCUT2D eigenvalue weighted by Gasteiger charge is 2.22. The van der Waals surface area contributed by atoms with Gasteiger partial charge in [0, 0.05) is 11.6 Å². The molecule has 3 aromatic rings. The van der Waals surface area contributed by atoms with Gasteiger partial charge in [-0.15, -0.1) is 0 Å². The van der Waals surface area contributed by atoms with E-state index in [1.54, 1.807) is 0 Å². The molecule has 0 radical (unpaired) electrons. The Labute approximate surface area is 161 Å². The number of aromatic nitrogens is 1. The molecule has 0 saturated heterocycles. The SMILES string of the molecule is [2H]c1cc(C)c(C)c(-c2c3ccc(C(C(C)C)C(C)C)cc3cc([2H])[n+]2C)c1. The molecule has 3 rings (SSSR count). The predicted molar refractivity (Wildman–Crippen MR) is 112 cm³/mol. The maximum atomic E-state index is 8.53. The summed E-state index contributed by atoms with van der Waals surface area (Å²) in [5.41, 5.74) is 5.70. The molecule has 0 unspecified atom stereocenters. The fourth-order valence-electron chi connectivity index (χ4n) is 4.33. The molecule has 0 aliphatic carbocycles. The van der Waals surface area contributed by atoms with Crippen LogP contribution in [-0.4, -0.2) is 0 Å². The van der Waals surface area contributed by atoms with Crippen LogP contribution in [0.2, 0.25) is 0 Å². The number of aryl methyl sites for hydroxylation is 1. The lowest BCUT2D eigenvalue weighted by molar-refractivity contribution is -0.659. The second-order valence-electron chi connectivity index (χ2n) is 8.22. The summed E-state index contributed by atoms with van der Waals surface area (Å²) in [6.45, 7) is 13.3. The van der Waals surface area contributed by atoms with Gasteiger partial charge in [-0.25, -0.2) is 4.57 Å². The first-order chi connectivity index (χ1) is 13.1. The Morgan fingerprint density at radius 1 is 0.923 bits per heavy atom. The maximum absolute atomic E-state index is 8.53. The molecule has 0 N–H and O–H groups in total. The molecule has 0 spiro atoms. The topological polar surface area (TPSA) is 3.88 Å². The van der Waals surface area contributed by atoms with Crippen LogP contribution in [0.5, 0.6) is 0 Å². The van der Waals surface area contributed by atoms with Crippen LogP contribution >= 0.6 is 0 Å². The molecule has 1 aromatic heterocycles. The van der Waals surface area contributed by atoms with E-state index >= 15 is 0 Å². The van der Waals surface area contributed by atoms with Crippen molar-refractivity contribution in [1.29, 1.82) is 0 Å². The summed E-state index contributed by atoms with van der Waals surface area (Å²) in [5, 5.41) is 2.25. The van der Waals surface area contributed by atoms with Crippen molar-refractivity contribution in [2.75, 3.05) is 0 Å². The van der Waals surface area contributed by atoms with Gasteiger partial charge >= 0.3 is 0 Å². The van der Waals surface area contributed by atoms with Gasteiger partial charge < -0.3 is 0 Å². The van der Waals surface area contributed by atoms with Gasteiger partial charge in [0.25, 0.3) is 0 Å². The molecule has 2 aromatic carbocycles. The molecular formula is C25H32N+. The molecule has 0 atom stereocenters. The van der Waals surface area contributed by atoms with Crippen molar-refractivity contribution < 1.29 is 7.31 Å². The van der Waals surface area contributed by atoms with E-state index in [1.165, 1.54) is 11.1 Å². The molecule has 0 saturated carbocycles. The Bertz CT molecular complexity index is 1030. The molecule has 0 bridgehead atoms. The monoisotopic (exact) mass is 348 g/mol. The van der Waals surface area contributed by atoms with E-state index in [2.05, 4.69) is 59.7 Å². The van der Waals surface area contributed by atoms with Crippen LogP contribution in [0.15, 0.2) is 48.6 Å². The second kappa shape index (κ2) is 7.23. The molecule has 0 fully saturated rings. The van der Waals surface area contributed by atoms with Gasteiger partial charge in [-0.3, -0.25) is 0 Å². The summed E-state index contributed by atoms with van der Waals surface area (Å²) in [7, 11) is 1.95. The Balaban J connectivity index is 2.32. The number of nitrogens with zero attached hydrogens (tertiary/aromatic N) is 1. The summed E-state index contributed by atoms with van der Waals surface area (Å²) in [5.74, 6) is 1.63. The van der Waals surface area contributed by atoms with Crippen LogP contribution in [0, 0.1) is 25.7 Å². The number of hydrogen-bond donors (Lipinski definition) is 0. The van der Waals surface area contributed by atoms with Crippen molar-refractivity contribution in [3.63, 3.8) is 0 Å². The zero-order valence-electron chi connectivity index (χ0n) is 19.1. The van der Waals surface area contributed by atoms with Crippen molar-refractivity contribution in [1.82, 2.24) is 0 Å². The van der Waals surface area contributed by atoms with Crippen molar-refractivity contribution in [3.05, 3.63) is 65.3 Å².